The lowest BCUT2D eigenvalue weighted by Gasteiger charge is -2.26. The van der Waals surface area contributed by atoms with Gasteiger partial charge in [0, 0.05) is 90.7 Å². The van der Waals surface area contributed by atoms with Crippen LogP contribution in [0.1, 0.15) is 140 Å². The molecular weight excluding hydrogens is 2030 g/mol. The largest absolute Gasteiger partial charge is 0.503 e. The number of hydrogen-bond acceptors (Lipinski definition) is 27. The second-order valence-electron chi connectivity index (χ2n) is 34.0. The van der Waals surface area contributed by atoms with Gasteiger partial charge < -0.3 is 79.5 Å². The number of nitrogens with one attached hydrogen (secondary N) is 7. The number of amides is 7. The summed E-state index contributed by atoms with van der Waals surface area (Å²) in [5.41, 5.74) is 1.00. The predicted molar refractivity (Wildman–Crippen MR) is 492 cm³/mol. The summed E-state index contributed by atoms with van der Waals surface area (Å²) in [6.45, 7) is 25.7. The summed E-state index contributed by atoms with van der Waals surface area (Å²) in [5, 5.41) is 26.1. The lowest BCUT2D eigenvalue weighted by molar-refractivity contribution is -0.149. The molecule has 0 fully saturated rings. The van der Waals surface area contributed by atoms with Gasteiger partial charge in [-0.3, -0.25) is 49.5 Å². The molecule has 0 saturated carbocycles. The Labute approximate surface area is 816 Å². The molecule has 3 aromatic carbocycles. The van der Waals surface area contributed by atoms with E-state index in [1.807, 2.05) is 0 Å². The van der Waals surface area contributed by atoms with Gasteiger partial charge in [-0.1, -0.05) is 22.6 Å². The van der Waals surface area contributed by atoms with E-state index in [4.69, 9.17) is 81.4 Å². The number of esters is 1. The first kappa shape index (κ1) is 123. The van der Waals surface area contributed by atoms with Crippen LogP contribution in [0, 0.1) is 69.8 Å². The summed E-state index contributed by atoms with van der Waals surface area (Å²) in [6.07, 6.45) is 3.73. The number of Topliss-reactive ketones (excluding diaryl/α,β-unsaturated/α-hetero) is 3. The van der Waals surface area contributed by atoms with Crippen LogP contribution in [0.2, 0.25) is 0 Å². The molecule has 10 N–H and O–H groups in total. The van der Waals surface area contributed by atoms with Crippen LogP contribution in [0.5, 0.6) is 17.2 Å². The van der Waals surface area contributed by atoms with Crippen molar-refractivity contribution in [3.05, 3.63) is 184 Å². The molecule has 0 saturated heterocycles. The Morgan fingerprint density at radius 3 is 0.856 bits per heavy atom. The summed E-state index contributed by atoms with van der Waals surface area (Å²) in [4.78, 5) is 152. The molecule has 4 aromatic heterocycles. The molecule has 0 aliphatic heterocycles. The van der Waals surface area contributed by atoms with E-state index in [2.05, 4.69) is 79.7 Å². The molecule has 4 unspecified atom stereocenters. The fourth-order valence-electron chi connectivity index (χ4n) is 10.1. The molecule has 7 aromatic rings. The molecule has 768 valence electrons. The molecule has 4 heterocycles. The van der Waals surface area contributed by atoms with Crippen molar-refractivity contribution in [1.82, 2.24) is 41.2 Å². The summed E-state index contributed by atoms with van der Waals surface area (Å²) in [7, 11) is 6.64. The molecule has 0 bridgehead atoms. The Morgan fingerprint density at radius 2 is 0.612 bits per heavy atom. The van der Waals surface area contributed by atoms with Crippen molar-refractivity contribution in [2.24, 2.45) is 0 Å². The van der Waals surface area contributed by atoms with Crippen molar-refractivity contribution in [1.29, 1.82) is 0 Å². The molecule has 0 spiro atoms. The predicted octanol–water partition coefficient (Wildman–Crippen LogP) is 14.7. The normalized spacial score (nSPS) is 12.2. The molecule has 34 nitrogen and oxygen atoms in total. The monoisotopic (exact) mass is 2140 g/mol. The van der Waals surface area contributed by atoms with Crippen molar-refractivity contribution in [2.75, 3.05) is 80.2 Å². The lowest BCUT2D eigenvalue weighted by Crippen LogP contribution is -2.52. The first-order valence-corrected chi connectivity index (χ1v) is 43.6. The van der Waals surface area contributed by atoms with E-state index in [-0.39, 0.29) is 78.8 Å². The van der Waals surface area contributed by atoms with E-state index in [1.54, 1.807) is 120 Å². The van der Waals surface area contributed by atoms with E-state index >= 15 is 0 Å². The fraction of sp³-hybridized carbons (Fsp3) is 0.456. The number of phenolic OH excluding ortho intramolecular Hbond substituents is 1. The molecule has 4 atom stereocenters. The van der Waals surface area contributed by atoms with E-state index in [9.17, 15) is 105 Å². The summed E-state index contributed by atoms with van der Waals surface area (Å²) < 4.78 is 209. The van der Waals surface area contributed by atoms with Crippen LogP contribution in [-0.4, -0.2) is 212 Å². The Balaban J connectivity index is 0.000000601. The van der Waals surface area contributed by atoms with E-state index in [0.29, 0.717) is 26.1 Å². The number of alkyl halides is 3. The van der Waals surface area contributed by atoms with Crippen LogP contribution in [-0.2, 0) is 102 Å². The van der Waals surface area contributed by atoms with Crippen LogP contribution < -0.4 is 52.4 Å². The topological polar surface area (TPSA) is 462 Å². The summed E-state index contributed by atoms with van der Waals surface area (Å²) >= 11 is 12.7. The number of ether oxygens (including phenoxy) is 10. The number of halogens is 15. The third-order valence-electron chi connectivity index (χ3n) is 18.1. The van der Waals surface area contributed by atoms with Gasteiger partial charge >= 0.3 is 24.2 Å². The zero-order valence-corrected chi connectivity index (χ0v) is 83.4. The van der Waals surface area contributed by atoms with Gasteiger partial charge in [0.25, 0.3) is 23.6 Å². The molecule has 0 aliphatic carbocycles. The maximum Gasteiger partial charge on any atom is 0.413 e. The number of nitrogens with two attached hydrogens (primary N) is 1. The minimum Gasteiger partial charge on any atom is -0.503 e. The van der Waals surface area contributed by atoms with Crippen LogP contribution >= 0.6 is 45.8 Å². The minimum absolute atomic E-state index is 0.00153. The number of anilines is 4. The van der Waals surface area contributed by atoms with Gasteiger partial charge in [-0.15, -0.1) is 23.2 Å². The van der Waals surface area contributed by atoms with Crippen LogP contribution in [0.4, 0.5) is 90.3 Å². The average molecular weight is 2140 g/mol. The standard InChI is InChI=1S/C25H29F4N3O6.C20H21F4N3O4.C19H28ClN3O5.C19H29N3O6.C6H2F4O.CH2ClI/c1-24(2,3)38-23(35)32-18-10-13(7-8-30-18)9-16(31-22(34)25(4,5)36-6)17(33)12-37-21-19(28)14(26)11-15(27)20(21)29;1-20(2,30-3)19(29)27-13(6-10-4-5-26-15(25)7-10)14(28)9-31-18-16(23)11(21)8-12(22)17(18)24;1-18(2,3)28-17(26)23-15-10-12(7-8-21-15)9-13(14(24)11-20)22-16(25)19(4,5)27-6;1-18(2,3)28-17(25)22-14-11-12(8-9-20-14)10-13(15(23)26-6)21-16(24)19(4,5)27-7;7-2-1-3(8)5(10)6(11)4(2)9;2-1-3/h7-8,10-11,16H,9,12H2,1-6H3,(H,31,34)(H,30,32,35);4-5,7-8,13H,6,9H2,1-3H3,(H2,25,26)(H,27,29);7-8,10,13H,9,11H2,1-6H3,(H,22,25)(H,21,23,26);8-9,11,13H,10H2,1-7H3,(H,21,24)(H,20,22,25);1,11H;1H2. The number of phenols is 1. The fourth-order valence-corrected chi connectivity index (χ4v) is 10.3. The SMILES string of the molecule is COC(=O)C(Cc1ccnc(NC(=O)OC(C)(C)C)c1)NC(=O)C(C)(C)OC.COC(C)(C)C(=O)NC(Cc1ccnc(N)c1)C(=O)COc1c(F)c(F)cc(F)c1F.COC(C)(C)C(=O)NC(Cc1ccnc(NC(=O)OC(C)(C)C)c1)C(=O)CCl.COC(C)(C)C(=O)NC(Cc1ccnc(NC(=O)OC(C)(C)C)c1)C(=O)COc1c(F)c(F)cc(F)c1F.ClCI.Oc1c(F)c(F)cc(F)c1F. The first-order valence-electron chi connectivity index (χ1n) is 41.0. The van der Waals surface area contributed by atoms with Crippen molar-refractivity contribution in [2.45, 2.75) is 207 Å². The highest BCUT2D eigenvalue weighted by Crippen LogP contribution is 2.31. The van der Waals surface area contributed by atoms with Gasteiger partial charge in [-0.2, -0.15) is 26.3 Å². The number of ketones is 3. The highest BCUT2D eigenvalue weighted by atomic mass is 127. The van der Waals surface area contributed by atoms with Gasteiger partial charge in [0.2, 0.25) is 34.9 Å². The molecule has 0 radical (unpaired) electrons. The van der Waals surface area contributed by atoms with Gasteiger partial charge in [-0.05, 0) is 195 Å². The Kier molecular flexibility index (Phi) is 49.3. The minimum atomic E-state index is -1.82. The number of nitrogens with zero attached hydrogens (tertiary/aromatic N) is 4. The maximum absolute atomic E-state index is 13.9. The lowest BCUT2D eigenvalue weighted by atomic mass is 10.0. The number of carbonyl (C=O) groups excluding carboxylic acids is 11. The zero-order chi connectivity index (χ0) is 107. The second kappa shape index (κ2) is 55.7. The van der Waals surface area contributed by atoms with E-state index < -0.39 is 223 Å². The molecule has 7 amide bonds. The van der Waals surface area contributed by atoms with Crippen molar-refractivity contribution < 1.29 is 158 Å². The maximum atomic E-state index is 13.9. The van der Waals surface area contributed by atoms with Gasteiger partial charge in [-0.25, -0.2) is 65.5 Å². The van der Waals surface area contributed by atoms with Gasteiger partial charge in [0.15, 0.2) is 69.5 Å². The van der Waals surface area contributed by atoms with E-state index in [0.717, 1.165) is 0 Å². The number of hydrogen-bond donors (Lipinski definition) is 9. The molecule has 7 rings (SSSR count). The summed E-state index contributed by atoms with van der Waals surface area (Å²) in [6, 6.07) is 8.19. The molecular formula is C90H111Cl2F12IN12O22. The number of pyridine rings is 4. The van der Waals surface area contributed by atoms with Crippen LogP contribution in [0.25, 0.3) is 0 Å². The van der Waals surface area contributed by atoms with Crippen LogP contribution in [0.15, 0.2) is 91.5 Å². The van der Waals surface area contributed by atoms with E-state index in [1.165, 1.54) is 106 Å². The number of carbonyl (C=O) groups is 11. The number of aromatic hydroxyl groups is 1. The first-order chi connectivity index (χ1) is 64.2. The number of methoxy groups -OCH3 is 5. The van der Waals surface area contributed by atoms with Gasteiger partial charge in [0.05, 0.1) is 35.0 Å². The zero-order valence-electron chi connectivity index (χ0n) is 79.7. The Hall–Kier alpha value is -12.1. The smallest absolute Gasteiger partial charge is 0.413 e. The highest BCUT2D eigenvalue weighted by Gasteiger charge is 2.38. The Bertz CT molecular complexity index is 5210. The van der Waals surface area contributed by atoms with Gasteiger partial charge in [0.1, 0.15) is 81.7 Å². The molecule has 49 heteroatoms. The van der Waals surface area contributed by atoms with Crippen molar-refractivity contribution in [3.63, 3.8) is 0 Å². The number of nitrogen functional groups attached to an aromatic ring is 1. The van der Waals surface area contributed by atoms with Crippen LogP contribution in [0.3, 0.4) is 0 Å². The third kappa shape index (κ3) is 42.7. The quantitative estimate of drug-likeness (QED) is 0.00452. The number of rotatable bonds is 34. The number of aromatic nitrogens is 4. The molecule has 139 heavy (non-hydrogen) atoms. The molecule has 0 aliphatic rings. The summed E-state index contributed by atoms with van der Waals surface area (Å²) in [5.74, 6) is -29.5. The van der Waals surface area contributed by atoms with Crippen molar-refractivity contribution in [3.8, 4) is 17.2 Å². The van der Waals surface area contributed by atoms with Crippen molar-refractivity contribution >= 4 is 134 Å². The highest BCUT2D eigenvalue weighted by molar-refractivity contribution is 14.1. The second-order valence-corrected chi connectivity index (χ2v) is 36.2. The average Bonchev–Trinajstić information content (AvgIpc) is 0.816. The number of benzene rings is 3. The third-order valence-corrected chi connectivity index (χ3v) is 18.4. The Morgan fingerprint density at radius 1 is 0.374 bits per heavy atom.